The van der Waals surface area contributed by atoms with Crippen LogP contribution in [0.3, 0.4) is 0 Å². The second-order valence-electron chi connectivity index (χ2n) is 6.71. The van der Waals surface area contributed by atoms with Gasteiger partial charge in [-0.15, -0.1) is 0 Å². The monoisotopic (exact) mass is 337 g/mol. The Kier molecular flexibility index (Phi) is 5.80. The Labute approximate surface area is 142 Å². The highest BCUT2D eigenvalue weighted by Gasteiger charge is 2.24. The number of nitrogens with one attached hydrogen (secondary N) is 1. The predicted molar refractivity (Wildman–Crippen MR) is 87.3 cm³/mol. The topological polar surface area (TPSA) is 83.7 Å². The molecule has 2 atom stereocenters. The van der Waals surface area contributed by atoms with Crippen LogP contribution in [0.5, 0.6) is 0 Å². The standard InChI is InChI=1S/C16H27N5O3/c1-12-9-21(6-7-23-12)16(22)8-17-14-4-3-5-20(10-14)11-15-18-13(2)24-19-15/h12,14,17H,3-11H2,1-2H3/t12-,14+/m0/s1. The van der Waals surface area contributed by atoms with Gasteiger partial charge in [-0.3, -0.25) is 9.69 Å². The Balaban J connectivity index is 1.42. The smallest absolute Gasteiger partial charge is 0.236 e. The molecule has 1 aromatic heterocycles. The van der Waals surface area contributed by atoms with Gasteiger partial charge in [0.1, 0.15) is 0 Å². The Morgan fingerprint density at radius 1 is 1.38 bits per heavy atom. The molecule has 0 aliphatic carbocycles. The van der Waals surface area contributed by atoms with Crippen molar-refractivity contribution in [1.29, 1.82) is 0 Å². The third-order valence-electron chi connectivity index (χ3n) is 4.58. The van der Waals surface area contributed by atoms with Crippen LogP contribution in [0.15, 0.2) is 4.52 Å². The van der Waals surface area contributed by atoms with Gasteiger partial charge in [-0.2, -0.15) is 4.98 Å². The van der Waals surface area contributed by atoms with E-state index in [0.717, 1.165) is 31.8 Å². The molecular formula is C16H27N5O3. The minimum atomic E-state index is 0.131. The third-order valence-corrected chi connectivity index (χ3v) is 4.58. The van der Waals surface area contributed by atoms with Crippen molar-refractivity contribution in [3.63, 3.8) is 0 Å². The zero-order valence-electron chi connectivity index (χ0n) is 14.5. The average molecular weight is 337 g/mol. The SMILES string of the molecule is Cc1nc(CN2CCC[C@@H](NCC(=O)N3CCO[C@@H](C)C3)C2)no1. The van der Waals surface area contributed by atoms with E-state index in [1.807, 2.05) is 11.8 Å². The normalized spacial score (nSPS) is 25.8. The quantitative estimate of drug-likeness (QED) is 0.820. The minimum absolute atomic E-state index is 0.131. The van der Waals surface area contributed by atoms with Gasteiger partial charge < -0.3 is 19.5 Å². The molecule has 1 amide bonds. The van der Waals surface area contributed by atoms with E-state index in [1.165, 1.54) is 0 Å². The zero-order valence-corrected chi connectivity index (χ0v) is 14.5. The molecule has 24 heavy (non-hydrogen) atoms. The molecule has 3 rings (SSSR count). The number of carbonyl (C=O) groups excluding carboxylic acids is 1. The summed E-state index contributed by atoms with van der Waals surface area (Å²) < 4.78 is 10.5. The first-order chi connectivity index (χ1) is 11.6. The van der Waals surface area contributed by atoms with Crippen molar-refractivity contribution in [1.82, 2.24) is 25.3 Å². The van der Waals surface area contributed by atoms with E-state index in [0.29, 0.717) is 44.7 Å². The maximum absolute atomic E-state index is 12.3. The van der Waals surface area contributed by atoms with Gasteiger partial charge in [0, 0.05) is 32.6 Å². The number of aromatic nitrogens is 2. The number of nitrogens with zero attached hydrogens (tertiary/aromatic N) is 4. The number of carbonyl (C=O) groups is 1. The predicted octanol–water partition coefficient (Wildman–Crippen LogP) is 0.179. The van der Waals surface area contributed by atoms with Crippen LogP contribution in [0.2, 0.25) is 0 Å². The maximum Gasteiger partial charge on any atom is 0.236 e. The number of aryl methyl sites for hydroxylation is 1. The Bertz CT molecular complexity index is 550. The first-order valence-corrected chi connectivity index (χ1v) is 8.74. The van der Waals surface area contributed by atoms with Crippen molar-refractivity contribution >= 4 is 5.91 Å². The van der Waals surface area contributed by atoms with Gasteiger partial charge >= 0.3 is 0 Å². The second-order valence-corrected chi connectivity index (χ2v) is 6.71. The molecular weight excluding hydrogens is 310 g/mol. The fraction of sp³-hybridized carbons (Fsp3) is 0.812. The van der Waals surface area contributed by atoms with Gasteiger partial charge in [-0.25, -0.2) is 0 Å². The van der Waals surface area contributed by atoms with Crippen LogP contribution in [-0.2, 0) is 16.1 Å². The van der Waals surface area contributed by atoms with Gasteiger partial charge in [0.2, 0.25) is 11.8 Å². The van der Waals surface area contributed by atoms with E-state index in [4.69, 9.17) is 9.26 Å². The molecule has 0 aromatic carbocycles. The van der Waals surface area contributed by atoms with E-state index in [9.17, 15) is 4.79 Å². The molecule has 2 aliphatic heterocycles. The maximum atomic E-state index is 12.3. The molecule has 2 saturated heterocycles. The second kappa shape index (κ2) is 8.04. The third kappa shape index (κ3) is 4.75. The summed E-state index contributed by atoms with van der Waals surface area (Å²) in [6.45, 7) is 8.85. The number of likely N-dealkylation sites (tertiary alicyclic amines) is 1. The van der Waals surface area contributed by atoms with Crippen molar-refractivity contribution in [2.24, 2.45) is 0 Å². The number of amides is 1. The summed E-state index contributed by atoms with van der Waals surface area (Å²) in [4.78, 5) is 20.8. The summed E-state index contributed by atoms with van der Waals surface area (Å²) in [5.74, 6) is 1.49. The fourth-order valence-corrected chi connectivity index (χ4v) is 3.36. The molecule has 1 aromatic rings. The lowest BCUT2D eigenvalue weighted by molar-refractivity contribution is -0.137. The molecule has 1 N–H and O–H groups in total. The van der Waals surface area contributed by atoms with Crippen molar-refractivity contribution in [2.75, 3.05) is 39.3 Å². The number of morpholine rings is 1. The Morgan fingerprint density at radius 2 is 2.25 bits per heavy atom. The number of piperidine rings is 1. The highest BCUT2D eigenvalue weighted by molar-refractivity contribution is 5.78. The Morgan fingerprint density at radius 3 is 3.00 bits per heavy atom. The van der Waals surface area contributed by atoms with E-state index in [-0.39, 0.29) is 12.0 Å². The van der Waals surface area contributed by atoms with E-state index in [1.54, 1.807) is 6.92 Å². The van der Waals surface area contributed by atoms with Crippen LogP contribution < -0.4 is 5.32 Å². The Hall–Kier alpha value is -1.51. The minimum Gasteiger partial charge on any atom is -0.375 e. The highest BCUT2D eigenvalue weighted by Crippen LogP contribution is 2.13. The number of hydrogen-bond donors (Lipinski definition) is 1. The summed E-state index contributed by atoms with van der Waals surface area (Å²) in [7, 11) is 0. The molecule has 0 bridgehead atoms. The van der Waals surface area contributed by atoms with Crippen LogP contribution >= 0.6 is 0 Å². The first kappa shape index (κ1) is 17.3. The number of rotatable bonds is 5. The summed E-state index contributed by atoms with van der Waals surface area (Å²) in [5, 5.41) is 7.37. The molecule has 8 nitrogen and oxygen atoms in total. The zero-order chi connectivity index (χ0) is 16.9. The molecule has 8 heteroatoms. The van der Waals surface area contributed by atoms with Crippen molar-refractivity contribution in [3.05, 3.63) is 11.7 Å². The summed E-state index contributed by atoms with van der Waals surface area (Å²) in [6.07, 6.45) is 2.33. The van der Waals surface area contributed by atoms with Gasteiger partial charge in [0.25, 0.3) is 0 Å². The van der Waals surface area contributed by atoms with Crippen molar-refractivity contribution in [2.45, 2.75) is 45.4 Å². The molecule has 0 saturated carbocycles. The lowest BCUT2D eigenvalue weighted by Crippen LogP contribution is -2.51. The van der Waals surface area contributed by atoms with Crippen LogP contribution in [0.4, 0.5) is 0 Å². The van der Waals surface area contributed by atoms with Gasteiger partial charge in [-0.1, -0.05) is 5.16 Å². The van der Waals surface area contributed by atoms with Crippen molar-refractivity contribution in [3.8, 4) is 0 Å². The number of ether oxygens (including phenoxy) is 1. The van der Waals surface area contributed by atoms with Crippen LogP contribution in [0.1, 0.15) is 31.5 Å². The van der Waals surface area contributed by atoms with Crippen LogP contribution in [-0.4, -0.2) is 77.3 Å². The van der Waals surface area contributed by atoms with Crippen LogP contribution in [0.25, 0.3) is 0 Å². The molecule has 2 aliphatic rings. The molecule has 0 spiro atoms. The molecule has 0 radical (unpaired) electrons. The summed E-state index contributed by atoms with van der Waals surface area (Å²) in [6, 6.07) is 0.328. The lowest BCUT2D eigenvalue weighted by Gasteiger charge is -2.34. The highest BCUT2D eigenvalue weighted by atomic mass is 16.5. The van der Waals surface area contributed by atoms with E-state index >= 15 is 0 Å². The lowest BCUT2D eigenvalue weighted by atomic mass is 10.1. The van der Waals surface area contributed by atoms with Crippen molar-refractivity contribution < 1.29 is 14.1 Å². The number of hydrogen-bond acceptors (Lipinski definition) is 7. The largest absolute Gasteiger partial charge is 0.375 e. The average Bonchev–Trinajstić information content (AvgIpc) is 2.98. The van der Waals surface area contributed by atoms with Gasteiger partial charge in [0.05, 0.1) is 25.8 Å². The molecule has 0 unspecified atom stereocenters. The molecule has 2 fully saturated rings. The first-order valence-electron chi connectivity index (χ1n) is 8.74. The van der Waals surface area contributed by atoms with E-state index in [2.05, 4.69) is 20.4 Å². The summed E-state index contributed by atoms with van der Waals surface area (Å²) in [5.41, 5.74) is 0. The molecule has 3 heterocycles. The van der Waals surface area contributed by atoms with Gasteiger partial charge in [-0.05, 0) is 26.3 Å². The summed E-state index contributed by atoms with van der Waals surface area (Å²) >= 11 is 0. The fourth-order valence-electron chi connectivity index (χ4n) is 3.36. The van der Waals surface area contributed by atoms with Gasteiger partial charge in [0.15, 0.2) is 5.82 Å². The van der Waals surface area contributed by atoms with E-state index < -0.39 is 0 Å². The molecule has 134 valence electrons. The van der Waals surface area contributed by atoms with Crippen LogP contribution in [0, 0.1) is 6.92 Å².